The summed E-state index contributed by atoms with van der Waals surface area (Å²) in [5.74, 6) is -0.982. The zero-order valence-corrected chi connectivity index (χ0v) is 11.1. The fraction of sp³-hybridized carbons (Fsp3) is 0.286. The summed E-state index contributed by atoms with van der Waals surface area (Å²) >= 11 is 1.18. The van der Waals surface area contributed by atoms with Crippen molar-refractivity contribution in [1.82, 2.24) is 4.57 Å². The highest BCUT2D eigenvalue weighted by Crippen LogP contribution is 2.33. The van der Waals surface area contributed by atoms with Crippen LogP contribution in [0.3, 0.4) is 0 Å². The van der Waals surface area contributed by atoms with Crippen molar-refractivity contribution in [2.24, 2.45) is 0 Å². The highest BCUT2D eigenvalue weighted by Gasteiger charge is 2.22. The number of aromatic nitrogens is 1. The van der Waals surface area contributed by atoms with Crippen LogP contribution in [0.5, 0.6) is 0 Å². The summed E-state index contributed by atoms with van der Waals surface area (Å²) < 4.78 is 1.40. The number of thiazole rings is 1. The first kappa shape index (κ1) is 12.2. The van der Waals surface area contributed by atoms with Gasteiger partial charge in [-0.05, 0) is 24.8 Å². The third-order valence-corrected chi connectivity index (χ3v) is 4.42. The van der Waals surface area contributed by atoms with E-state index in [-0.39, 0.29) is 11.4 Å². The van der Waals surface area contributed by atoms with Crippen molar-refractivity contribution in [2.45, 2.75) is 25.8 Å². The number of carbonyl (C=O) groups is 1. The predicted molar refractivity (Wildman–Crippen MR) is 73.7 cm³/mol. The maximum absolute atomic E-state index is 12.0. The summed E-state index contributed by atoms with van der Waals surface area (Å²) in [5.41, 5.74) is 3.01. The van der Waals surface area contributed by atoms with Crippen LogP contribution in [-0.2, 0) is 24.2 Å². The Hall–Kier alpha value is -1.88. The largest absolute Gasteiger partial charge is 0.480 e. The first-order chi connectivity index (χ1) is 9.16. The fourth-order valence-electron chi connectivity index (χ4n) is 2.60. The molecule has 0 unspecified atom stereocenters. The maximum Gasteiger partial charge on any atom is 0.323 e. The van der Waals surface area contributed by atoms with E-state index in [9.17, 15) is 9.59 Å². The van der Waals surface area contributed by atoms with Gasteiger partial charge in [-0.3, -0.25) is 14.2 Å². The van der Waals surface area contributed by atoms with Gasteiger partial charge in [-0.25, -0.2) is 0 Å². The van der Waals surface area contributed by atoms with Crippen molar-refractivity contribution in [3.8, 4) is 11.3 Å². The molecule has 0 amide bonds. The number of aryl methyl sites for hydroxylation is 2. The Labute approximate surface area is 113 Å². The Morgan fingerprint density at radius 2 is 2.11 bits per heavy atom. The minimum atomic E-state index is -0.982. The van der Waals surface area contributed by atoms with Crippen LogP contribution in [0.4, 0.5) is 0 Å². The fourth-order valence-corrected chi connectivity index (χ4v) is 3.64. The van der Waals surface area contributed by atoms with E-state index in [1.165, 1.54) is 21.5 Å². The van der Waals surface area contributed by atoms with E-state index in [4.69, 9.17) is 5.11 Å². The molecule has 1 aromatic heterocycles. The van der Waals surface area contributed by atoms with Crippen molar-refractivity contribution in [2.75, 3.05) is 0 Å². The van der Waals surface area contributed by atoms with Gasteiger partial charge in [-0.2, -0.15) is 0 Å². The normalized spacial score (nSPS) is 13.5. The summed E-state index contributed by atoms with van der Waals surface area (Å²) in [4.78, 5) is 23.8. The number of hydrogen-bond acceptors (Lipinski definition) is 3. The van der Waals surface area contributed by atoms with Crippen molar-refractivity contribution >= 4 is 17.3 Å². The summed E-state index contributed by atoms with van der Waals surface area (Å²) in [6.45, 7) is -0.265. The minimum Gasteiger partial charge on any atom is -0.480 e. The molecule has 98 valence electrons. The first-order valence-corrected chi connectivity index (χ1v) is 7.01. The highest BCUT2D eigenvalue weighted by molar-refractivity contribution is 7.09. The molecule has 0 aliphatic heterocycles. The lowest BCUT2D eigenvalue weighted by Crippen LogP contribution is -2.20. The molecule has 19 heavy (non-hydrogen) atoms. The molecule has 0 saturated heterocycles. The molecule has 0 atom stereocenters. The maximum atomic E-state index is 12.0. The lowest BCUT2D eigenvalue weighted by atomic mass is 10.0. The van der Waals surface area contributed by atoms with Crippen LogP contribution in [0, 0.1) is 0 Å². The summed E-state index contributed by atoms with van der Waals surface area (Å²) in [6.07, 6.45) is 2.81. The van der Waals surface area contributed by atoms with Crippen LogP contribution < -0.4 is 4.87 Å². The van der Waals surface area contributed by atoms with E-state index in [2.05, 4.69) is 6.07 Å². The third kappa shape index (κ3) is 2.10. The number of carboxylic acids is 1. The molecule has 4 nitrogen and oxygen atoms in total. The van der Waals surface area contributed by atoms with E-state index in [1.807, 2.05) is 18.2 Å². The number of rotatable bonds is 2. The summed E-state index contributed by atoms with van der Waals surface area (Å²) in [7, 11) is 0. The summed E-state index contributed by atoms with van der Waals surface area (Å²) in [5, 5.41) is 8.97. The van der Waals surface area contributed by atoms with E-state index in [0.717, 1.165) is 35.4 Å². The molecular weight excluding hydrogens is 262 g/mol. The average Bonchev–Trinajstić information content (AvgIpc) is 2.57. The molecule has 1 aliphatic rings. The molecule has 1 heterocycles. The molecule has 2 aromatic rings. The number of carboxylic acid groups (broad SMARTS) is 1. The van der Waals surface area contributed by atoms with Gasteiger partial charge >= 0.3 is 10.8 Å². The molecule has 0 saturated carbocycles. The molecule has 1 N–H and O–H groups in total. The Bertz CT molecular complexity index is 699. The van der Waals surface area contributed by atoms with Gasteiger partial charge in [0.15, 0.2) is 0 Å². The van der Waals surface area contributed by atoms with E-state index in [1.54, 1.807) is 0 Å². The van der Waals surface area contributed by atoms with Gasteiger partial charge in [0.2, 0.25) is 0 Å². The second-order valence-corrected chi connectivity index (χ2v) is 5.68. The molecule has 0 radical (unpaired) electrons. The second-order valence-electron chi connectivity index (χ2n) is 4.63. The van der Waals surface area contributed by atoms with Crippen LogP contribution in [0.1, 0.15) is 16.9 Å². The van der Waals surface area contributed by atoms with Gasteiger partial charge in [0.1, 0.15) is 6.54 Å². The standard InChI is InChI=1S/C14H13NO3S/c16-12(17)8-15-13-10-6-2-1-4-9(10)5-3-7-11(13)19-14(15)18/h1-2,4,6H,3,5,7-8H2,(H,16,17). The van der Waals surface area contributed by atoms with Crippen LogP contribution in [0.25, 0.3) is 11.3 Å². The van der Waals surface area contributed by atoms with Crippen LogP contribution in [-0.4, -0.2) is 15.6 Å². The zero-order valence-electron chi connectivity index (χ0n) is 10.3. The van der Waals surface area contributed by atoms with Crippen molar-refractivity contribution in [3.05, 3.63) is 44.4 Å². The van der Waals surface area contributed by atoms with Gasteiger partial charge in [-0.15, -0.1) is 0 Å². The number of hydrogen-bond donors (Lipinski definition) is 1. The SMILES string of the molecule is O=C(O)Cn1c2c(sc1=O)CCCc1ccccc1-2. The second kappa shape index (κ2) is 4.66. The molecule has 0 fully saturated rings. The van der Waals surface area contributed by atoms with Crippen LogP contribution in [0.15, 0.2) is 29.1 Å². The van der Waals surface area contributed by atoms with E-state index >= 15 is 0 Å². The Morgan fingerprint density at radius 3 is 2.89 bits per heavy atom. The Balaban J connectivity index is 2.26. The number of fused-ring (bicyclic) bond motifs is 3. The predicted octanol–water partition coefficient (Wildman–Crippen LogP) is 2.15. The average molecular weight is 275 g/mol. The van der Waals surface area contributed by atoms with E-state index < -0.39 is 5.97 Å². The number of benzene rings is 1. The highest BCUT2D eigenvalue weighted by atomic mass is 32.1. The summed E-state index contributed by atoms with van der Waals surface area (Å²) in [6, 6.07) is 7.94. The zero-order chi connectivity index (χ0) is 13.4. The number of aliphatic carboxylic acids is 1. The number of nitrogens with zero attached hydrogens (tertiary/aromatic N) is 1. The quantitative estimate of drug-likeness (QED) is 0.913. The van der Waals surface area contributed by atoms with Crippen molar-refractivity contribution in [1.29, 1.82) is 0 Å². The molecule has 5 heteroatoms. The van der Waals surface area contributed by atoms with Gasteiger partial charge in [0.25, 0.3) is 0 Å². The molecular formula is C14H13NO3S. The molecule has 3 rings (SSSR count). The van der Waals surface area contributed by atoms with Gasteiger partial charge in [0, 0.05) is 10.4 Å². The Morgan fingerprint density at radius 1 is 1.32 bits per heavy atom. The van der Waals surface area contributed by atoms with Crippen LogP contribution >= 0.6 is 11.3 Å². The lowest BCUT2D eigenvalue weighted by molar-refractivity contribution is -0.137. The monoisotopic (exact) mass is 275 g/mol. The molecule has 1 aliphatic carbocycles. The molecule has 0 spiro atoms. The minimum absolute atomic E-state index is 0.177. The van der Waals surface area contributed by atoms with Gasteiger partial charge in [-0.1, -0.05) is 35.6 Å². The molecule has 0 bridgehead atoms. The molecule has 1 aromatic carbocycles. The van der Waals surface area contributed by atoms with Crippen LogP contribution in [0.2, 0.25) is 0 Å². The van der Waals surface area contributed by atoms with Crippen molar-refractivity contribution < 1.29 is 9.90 Å². The first-order valence-electron chi connectivity index (χ1n) is 6.19. The smallest absolute Gasteiger partial charge is 0.323 e. The van der Waals surface area contributed by atoms with Gasteiger partial charge < -0.3 is 5.11 Å². The Kier molecular flexibility index (Phi) is 2.98. The third-order valence-electron chi connectivity index (χ3n) is 3.38. The lowest BCUT2D eigenvalue weighted by Gasteiger charge is -2.09. The van der Waals surface area contributed by atoms with Gasteiger partial charge in [0.05, 0.1) is 5.69 Å². The van der Waals surface area contributed by atoms with Crippen molar-refractivity contribution in [3.63, 3.8) is 0 Å². The topological polar surface area (TPSA) is 59.3 Å². The van der Waals surface area contributed by atoms with E-state index in [0.29, 0.717) is 0 Å².